The number of aryl methyl sites for hydroxylation is 1. The summed E-state index contributed by atoms with van der Waals surface area (Å²) >= 11 is 14.5. The highest BCUT2D eigenvalue weighted by Crippen LogP contribution is 2.43. The molecule has 7 heteroatoms. The molecule has 2 aliphatic rings. The lowest BCUT2D eigenvalue weighted by Crippen LogP contribution is -2.39. The number of likely N-dealkylation sites (tertiary alicyclic amines) is 1. The fraction of sp³-hybridized carbons (Fsp3) is 0.381. The van der Waals surface area contributed by atoms with Gasteiger partial charge in [0.25, 0.3) is 0 Å². The summed E-state index contributed by atoms with van der Waals surface area (Å²) in [6.07, 6.45) is 1.12. The van der Waals surface area contributed by atoms with Crippen molar-refractivity contribution < 1.29 is 9.84 Å². The van der Waals surface area contributed by atoms with Gasteiger partial charge in [0.1, 0.15) is 11.9 Å². The van der Waals surface area contributed by atoms with Crippen LogP contribution in [0.2, 0.25) is 10.0 Å². The summed E-state index contributed by atoms with van der Waals surface area (Å²) in [6, 6.07) is 9.94. The number of rotatable bonds is 3. The molecule has 0 unspecified atom stereocenters. The molecule has 2 aromatic carbocycles. The predicted molar refractivity (Wildman–Crippen MR) is 114 cm³/mol. The number of aliphatic hydroxyl groups excluding tert-OH is 1. The van der Waals surface area contributed by atoms with Gasteiger partial charge >= 0.3 is 0 Å². The Labute approximate surface area is 177 Å². The minimum absolute atomic E-state index is 0.121. The third kappa shape index (κ3) is 3.29. The van der Waals surface area contributed by atoms with Crippen LogP contribution in [0, 0.1) is 6.92 Å². The standard InChI is InChI=1S/C21H20Cl2N2O2S/c1-11-24-18-8-14(2-3-20(18)28-11)27-21-16-6-12(22)7-17(23)15(16)9-19(21)25-5-4-13(26)10-25/h2-3,6-8,13,19,21,26H,4-5,9-10H2,1H3/t13-,19+,21-/m1/s1. The Morgan fingerprint density at radius 1 is 1.25 bits per heavy atom. The van der Waals surface area contributed by atoms with E-state index in [0.717, 1.165) is 51.5 Å². The molecule has 0 bridgehead atoms. The highest BCUT2D eigenvalue weighted by Gasteiger charge is 2.41. The van der Waals surface area contributed by atoms with Crippen molar-refractivity contribution in [3.8, 4) is 5.75 Å². The summed E-state index contributed by atoms with van der Waals surface area (Å²) in [5.74, 6) is 0.788. The van der Waals surface area contributed by atoms with Crippen LogP contribution in [-0.4, -0.2) is 40.2 Å². The molecule has 4 nitrogen and oxygen atoms in total. The highest BCUT2D eigenvalue weighted by molar-refractivity contribution is 7.18. The van der Waals surface area contributed by atoms with Gasteiger partial charge in [0, 0.05) is 34.8 Å². The summed E-state index contributed by atoms with van der Waals surface area (Å²) in [7, 11) is 0. The largest absolute Gasteiger partial charge is 0.484 e. The number of halogens is 2. The lowest BCUT2D eigenvalue weighted by molar-refractivity contribution is 0.0819. The molecule has 1 N–H and O–H groups in total. The number of fused-ring (bicyclic) bond motifs is 2. The van der Waals surface area contributed by atoms with Gasteiger partial charge in [-0.15, -0.1) is 11.3 Å². The van der Waals surface area contributed by atoms with Crippen LogP contribution in [0.15, 0.2) is 30.3 Å². The molecule has 1 aliphatic heterocycles. The van der Waals surface area contributed by atoms with E-state index in [0.29, 0.717) is 16.6 Å². The average Bonchev–Trinajstić information content (AvgIpc) is 3.32. The monoisotopic (exact) mass is 434 g/mol. The van der Waals surface area contributed by atoms with Gasteiger partial charge in [-0.3, -0.25) is 4.90 Å². The second-order valence-corrected chi connectivity index (χ2v) is 9.64. The second-order valence-electron chi connectivity index (χ2n) is 7.57. The molecule has 1 fully saturated rings. The summed E-state index contributed by atoms with van der Waals surface area (Å²) in [5, 5.41) is 12.4. The molecule has 0 radical (unpaired) electrons. The quantitative estimate of drug-likeness (QED) is 0.628. The molecule has 3 atom stereocenters. The molecule has 5 rings (SSSR count). The number of aromatic nitrogens is 1. The Bertz CT molecular complexity index is 1050. The van der Waals surface area contributed by atoms with E-state index in [2.05, 4.69) is 16.0 Å². The maximum Gasteiger partial charge on any atom is 0.140 e. The zero-order valence-electron chi connectivity index (χ0n) is 15.4. The fourth-order valence-corrected chi connectivity index (χ4v) is 5.78. The maximum atomic E-state index is 10.0. The van der Waals surface area contributed by atoms with Crippen molar-refractivity contribution in [2.75, 3.05) is 13.1 Å². The Hall–Kier alpha value is -1.37. The molecular formula is C21H20Cl2N2O2S. The van der Waals surface area contributed by atoms with E-state index in [4.69, 9.17) is 27.9 Å². The first-order chi connectivity index (χ1) is 13.5. The summed E-state index contributed by atoms with van der Waals surface area (Å²) in [5.41, 5.74) is 3.09. The number of nitrogens with zero attached hydrogens (tertiary/aromatic N) is 2. The van der Waals surface area contributed by atoms with Gasteiger partial charge in [0.2, 0.25) is 0 Å². The van der Waals surface area contributed by atoms with Crippen LogP contribution in [0.5, 0.6) is 5.75 Å². The number of hydrogen-bond donors (Lipinski definition) is 1. The Morgan fingerprint density at radius 2 is 2.11 bits per heavy atom. The lowest BCUT2D eigenvalue weighted by atomic mass is 10.1. The number of thiazole rings is 1. The zero-order valence-corrected chi connectivity index (χ0v) is 17.7. The maximum absolute atomic E-state index is 10.0. The number of hydrogen-bond acceptors (Lipinski definition) is 5. The van der Waals surface area contributed by atoms with Gasteiger partial charge < -0.3 is 9.84 Å². The third-order valence-corrected chi connectivity index (χ3v) is 7.16. The third-order valence-electron chi connectivity index (χ3n) is 5.66. The van der Waals surface area contributed by atoms with Crippen LogP contribution in [0.25, 0.3) is 10.2 Å². The van der Waals surface area contributed by atoms with Gasteiger partial charge in [0.05, 0.1) is 27.4 Å². The zero-order chi connectivity index (χ0) is 19.4. The first-order valence-corrected chi connectivity index (χ1v) is 11.0. The Kier molecular flexibility index (Phi) is 4.76. The van der Waals surface area contributed by atoms with Crippen LogP contribution in [0.1, 0.15) is 28.7 Å². The molecule has 2 heterocycles. The molecule has 0 saturated carbocycles. The minimum Gasteiger partial charge on any atom is -0.484 e. The number of β-amino-alcohol motifs (C(OH)–C–C–N with tert-alkyl or cyclic N) is 1. The van der Waals surface area contributed by atoms with Crippen LogP contribution >= 0.6 is 34.5 Å². The van der Waals surface area contributed by atoms with Crippen molar-refractivity contribution in [3.63, 3.8) is 0 Å². The van der Waals surface area contributed by atoms with Gasteiger partial charge in [-0.2, -0.15) is 0 Å². The average molecular weight is 435 g/mol. The molecule has 1 aromatic heterocycles. The first-order valence-electron chi connectivity index (χ1n) is 9.42. The molecule has 1 aliphatic carbocycles. The van der Waals surface area contributed by atoms with Crippen molar-refractivity contribution in [1.29, 1.82) is 0 Å². The molecule has 146 valence electrons. The predicted octanol–water partition coefficient (Wildman–Crippen LogP) is 5.02. The van der Waals surface area contributed by atoms with E-state index >= 15 is 0 Å². The van der Waals surface area contributed by atoms with E-state index in [-0.39, 0.29) is 18.2 Å². The summed E-state index contributed by atoms with van der Waals surface area (Å²) in [4.78, 5) is 6.89. The van der Waals surface area contributed by atoms with Gasteiger partial charge in [-0.25, -0.2) is 4.98 Å². The Balaban J connectivity index is 1.52. The van der Waals surface area contributed by atoms with E-state index in [1.54, 1.807) is 17.4 Å². The number of benzene rings is 2. The van der Waals surface area contributed by atoms with Crippen molar-refractivity contribution in [3.05, 3.63) is 56.5 Å². The number of ether oxygens (including phenoxy) is 1. The summed E-state index contributed by atoms with van der Waals surface area (Å²) in [6.45, 7) is 3.53. The highest BCUT2D eigenvalue weighted by atomic mass is 35.5. The van der Waals surface area contributed by atoms with Crippen molar-refractivity contribution in [2.45, 2.75) is 38.0 Å². The SMILES string of the molecule is Cc1nc2cc(O[C@@H]3c4cc(Cl)cc(Cl)c4C[C@@H]3N3CC[C@@H](O)C3)ccc2s1. The normalized spacial score (nSPS) is 24.8. The van der Waals surface area contributed by atoms with E-state index in [1.165, 1.54) is 0 Å². The minimum atomic E-state index is -0.280. The second kappa shape index (κ2) is 7.15. The van der Waals surface area contributed by atoms with Crippen molar-refractivity contribution in [2.24, 2.45) is 0 Å². The molecule has 0 spiro atoms. The van der Waals surface area contributed by atoms with Gasteiger partial charge in [-0.05, 0) is 49.6 Å². The topological polar surface area (TPSA) is 45.6 Å². The van der Waals surface area contributed by atoms with E-state index in [1.807, 2.05) is 25.1 Å². The smallest absolute Gasteiger partial charge is 0.140 e. The Morgan fingerprint density at radius 3 is 2.89 bits per heavy atom. The van der Waals surface area contributed by atoms with Crippen LogP contribution in [-0.2, 0) is 6.42 Å². The van der Waals surface area contributed by atoms with Crippen LogP contribution < -0.4 is 4.74 Å². The number of aliphatic hydroxyl groups is 1. The molecular weight excluding hydrogens is 415 g/mol. The van der Waals surface area contributed by atoms with Crippen molar-refractivity contribution >= 4 is 44.8 Å². The van der Waals surface area contributed by atoms with Crippen molar-refractivity contribution in [1.82, 2.24) is 9.88 Å². The van der Waals surface area contributed by atoms with Gasteiger partial charge in [-0.1, -0.05) is 23.2 Å². The fourth-order valence-electron chi connectivity index (χ4n) is 4.39. The van der Waals surface area contributed by atoms with Crippen LogP contribution in [0.4, 0.5) is 0 Å². The molecule has 1 saturated heterocycles. The summed E-state index contributed by atoms with van der Waals surface area (Å²) < 4.78 is 7.67. The van der Waals surface area contributed by atoms with E-state index < -0.39 is 0 Å². The van der Waals surface area contributed by atoms with E-state index in [9.17, 15) is 5.11 Å². The van der Waals surface area contributed by atoms with Crippen LogP contribution in [0.3, 0.4) is 0 Å². The first kappa shape index (κ1) is 18.6. The molecule has 3 aromatic rings. The lowest BCUT2D eigenvalue weighted by Gasteiger charge is -2.30. The molecule has 28 heavy (non-hydrogen) atoms. The van der Waals surface area contributed by atoms with Gasteiger partial charge in [0.15, 0.2) is 0 Å². The molecule has 0 amide bonds.